The molecule has 0 aliphatic heterocycles. The SMILES string of the molecule is O=C(NO)c1cnc(CC2(c3cc4ccccc4o3)CC2)nc1. The number of benzene rings is 1. The Morgan fingerprint density at radius 2 is 2.00 bits per heavy atom. The first kappa shape index (κ1) is 13.9. The van der Waals surface area contributed by atoms with Crippen molar-refractivity contribution >= 4 is 16.9 Å². The molecule has 1 amide bonds. The van der Waals surface area contributed by atoms with Gasteiger partial charge in [-0.25, -0.2) is 15.4 Å². The Morgan fingerprint density at radius 1 is 1.26 bits per heavy atom. The number of rotatable bonds is 4. The molecule has 0 bridgehead atoms. The van der Waals surface area contributed by atoms with Gasteiger partial charge in [0.05, 0.1) is 5.56 Å². The number of hydrogen-bond acceptors (Lipinski definition) is 5. The lowest BCUT2D eigenvalue weighted by molar-refractivity contribution is 0.0705. The summed E-state index contributed by atoms with van der Waals surface area (Å²) in [4.78, 5) is 19.7. The van der Waals surface area contributed by atoms with Crippen molar-refractivity contribution in [2.24, 2.45) is 0 Å². The Bertz CT molecular complexity index is 833. The van der Waals surface area contributed by atoms with Crippen molar-refractivity contribution in [3.8, 4) is 0 Å². The number of nitrogens with zero attached hydrogens (tertiary/aromatic N) is 2. The van der Waals surface area contributed by atoms with E-state index in [2.05, 4.69) is 16.0 Å². The third-order valence-corrected chi connectivity index (χ3v) is 4.37. The molecule has 23 heavy (non-hydrogen) atoms. The molecule has 0 atom stereocenters. The molecule has 6 nitrogen and oxygen atoms in total. The lowest BCUT2D eigenvalue weighted by Crippen LogP contribution is -2.20. The topological polar surface area (TPSA) is 88.2 Å². The maximum absolute atomic E-state index is 11.3. The van der Waals surface area contributed by atoms with Gasteiger partial charge in [-0.15, -0.1) is 0 Å². The molecule has 1 fully saturated rings. The Hall–Kier alpha value is -2.73. The van der Waals surface area contributed by atoms with Gasteiger partial charge < -0.3 is 4.42 Å². The van der Waals surface area contributed by atoms with Gasteiger partial charge >= 0.3 is 0 Å². The standard InChI is InChI=1S/C17H15N3O3/c21-16(20-22)12-9-18-15(19-10-12)8-17(5-6-17)14-7-11-3-1-2-4-13(11)23-14/h1-4,7,9-10,22H,5-6,8H2,(H,20,21). The minimum Gasteiger partial charge on any atom is -0.460 e. The molecule has 6 heteroatoms. The summed E-state index contributed by atoms with van der Waals surface area (Å²) in [6.45, 7) is 0. The number of fused-ring (bicyclic) bond motifs is 1. The van der Waals surface area contributed by atoms with E-state index < -0.39 is 5.91 Å². The fourth-order valence-corrected chi connectivity index (χ4v) is 2.83. The molecular formula is C17H15N3O3. The first-order chi connectivity index (χ1) is 11.2. The summed E-state index contributed by atoms with van der Waals surface area (Å²) in [5, 5.41) is 9.71. The second-order valence-corrected chi connectivity index (χ2v) is 5.93. The smallest absolute Gasteiger partial charge is 0.277 e. The summed E-state index contributed by atoms with van der Waals surface area (Å²) >= 11 is 0. The van der Waals surface area contributed by atoms with E-state index in [0.717, 1.165) is 29.6 Å². The molecule has 1 aliphatic carbocycles. The zero-order valence-electron chi connectivity index (χ0n) is 12.3. The van der Waals surface area contributed by atoms with Crippen LogP contribution in [-0.2, 0) is 11.8 Å². The monoisotopic (exact) mass is 309 g/mol. The van der Waals surface area contributed by atoms with Crippen LogP contribution in [0.15, 0.2) is 47.1 Å². The van der Waals surface area contributed by atoms with Crippen molar-refractivity contribution < 1.29 is 14.4 Å². The molecule has 4 rings (SSSR count). The third kappa shape index (κ3) is 2.47. The Kier molecular flexibility index (Phi) is 3.12. The molecule has 0 spiro atoms. The summed E-state index contributed by atoms with van der Waals surface area (Å²) < 4.78 is 5.99. The average Bonchev–Trinajstić information content (AvgIpc) is 3.23. The molecule has 1 aliphatic rings. The maximum atomic E-state index is 11.3. The van der Waals surface area contributed by atoms with E-state index in [9.17, 15) is 4.79 Å². The number of hydroxylamine groups is 1. The lowest BCUT2D eigenvalue weighted by Gasteiger charge is -2.11. The van der Waals surface area contributed by atoms with Crippen molar-refractivity contribution in [1.82, 2.24) is 15.4 Å². The van der Waals surface area contributed by atoms with E-state index in [1.165, 1.54) is 12.4 Å². The van der Waals surface area contributed by atoms with E-state index in [1.807, 2.05) is 24.3 Å². The summed E-state index contributed by atoms with van der Waals surface area (Å²) in [7, 11) is 0. The minimum absolute atomic E-state index is 0.0419. The van der Waals surface area contributed by atoms with Gasteiger partial charge in [0.15, 0.2) is 0 Å². The quantitative estimate of drug-likeness (QED) is 0.571. The predicted molar refractivity (Wildman–Crippen MR) is 82.1 cm³/mol. The van der Waals surface area contributed by atoms with Crippen LogP contribution in [0.5, 0.6) is 0 Å². The van der Waals surface area contributed by atoms with Crippen LogP contribution in [0.4, 0.5) is 0 Å². The highest BCUT2D eigenvalue weighted by molar-refractivity contribution is 5.92. The third-order valence-electron chi connectivity index (χ3n) is 4.37. The molecule has 2 N–H and O–H groups in total. The molecule has 0 radical (unpaired) electrons. The van der Waals surface area contributed by atoms with Gasteiger partial charge in [-0.2, -0.15) is 0 Å². The zero-order valence-corrected chi connectivity index (χ0v) is 12.3. The number of para-hydroxylation sites is 1. The van der Waals surface area contributed by atoms with Crippen molar-refractivity contribution in [3.05, 3.63) is 59.9 Å². The number of carbonyl (C=O) groups is 1. The normalized spacial score (nSPS) is 15.5. The highest BCUT2D eigenvalue weighted by atomic mass is 16.5. The van der Waals surface area contributed by atoms with Crippen LogP contribution in [0.3, 0.4) is 0 Å². The predicted octanol–water partition coefficient (Wildman–Crippen LogP) is 2.62. The fourth-order valence-electron chi connectivity index (χ4n) is 2.83. The van der Waals surface area contributed by atoms with Crippen LogP contribution in [0.25, 0.3) is 11.0 Å². The molecular weight excluding hydrogens is 294 g/mol. The first-order valence-electron chi connectivity index (χ1n) is 7.45. The summed E-state index contributed by atoms with van der Waals surface area (Å²) in [5.41, 5.74) is 2.65. The highest BCUT2D eigenvalue weighted by Gasteiger charge is 2.47. The van der Waals surface area contributed by atoms with Crippen molar-refractivity contribution in [2.45, 2.75) is 24.7 Å². The van der Waals surface area contributed by atoms with Crippen molar-refractivity contribution in [2.75, 3.05) is 0 Å². The summed E-state index contributed by atoms with van der Waals surface area (Å²) in [5.74, 6) is 1.02. The Morgan fingerprint density at radius 3 is 2.65 bits per heavy atom. The van der Waals surface area contributed by atoms with Gasteiger partial charge in [-0.05, 0) is 25.0 Å². The van der Waals surface area contributed by atoms with Crippen LogP contribution in [0, 0.1) is 0 Å². The van der Waals surface area contributed by atoms with Gasteiger partial charge in [0.25, 0.3) is 5.91 Å². The Labute approximate surface area is 132 Å². The number of aromatic nitrogens is 2. The highest BCUT2D eigenvalue weighted by Crippen LogP contribution is 2.51. The van der Waals surface area contributed by atoms with E-state index in [1.54, 1.807) is 5.48 Å². The van der Waals surface area contributed by atoms with Crippen LogP contribution >= 0.6 is 0 Å². The van der Waals surface area contributed by atoms with Crippen LogP contribution in [0.1, 0.15) is 34.8 Å². The molecule has 2 aromatic heterocycles. The largest absolute Gasteiger partial charge is 0.460 e. The molecule has 1 saturated carbocycles. The van der Waals surface area contributed by atoms with E-state index in [0.29, 0.717) is 12.2 Å². The van der Waals surface area contributed by atoms with Gasteiger partial charge in [0.1, 0.15) is 17.2 Å². The molecule has 0 unspecified atom stereocenters. The molecule has 116 valence electrons. The minimum atomic E-state index is -0.616. The summed E-state index contributed by atoms with van der Waals surface area (Å²) in [6, 6.07) is 10.1. The first-order valence-corrected chi connectivity index (χ1v) is 7.45. The van der Waals surface area contributed by atoms with Crippen LogP contribution in [-0.4, -0.2) is 21.1 Å². The number of amides is 1. The second kappa shape index (κ2) is 5.17. The summed E-state index contributed by atoms with van der Waals surface area (Å²) in [6.07, 6.45) is 5.59. The van der Waals surface area contributed by atoms with E-state index in [4.69, 9.17) is 9.62 Å². The molecule has 1 aromatic carbocycles. The van der Waals surface area contributed by atoms with E-state index >= 15 is 0 Å². The van der Waals surface area contributed by atoms with Crippen molar-refractivity contribution in [3.63, 3.8) is 0 Å². The number of furan rings is 1. The second-order valence-electron chi connectivity index (χ2n) is 5.93. The maximum Gasteiger partial charge on any atom is 0.277 e. The fraction of sp³-hybridized carbons (Fsp3) is 0.235. The lowest BCUT2D eigenvalue weighted by atomic mass is 9.98. The number of hydrogen-bond donors (Lipinski definition) is 2. The Balaban J connectivity index is 1.59. The molecule has 3 aromatic rings. The number of nitrogens with one attached hydrogen (secondary N) is 1. The van der Waals surface area contributed by atoms with E-state index in [-0.39, 0.29) is 11.0 Å². The van der Waals surface area contributed by atoms with Gasteiger partial charge in [-0.1, -0.05) is 18.2 Å². The van der Waals surface area contributed by atoms with Crippen LogP contribution < -0.4 is 5.48 Å². The van der Waals surface area contributed by atoms with Gasteiger partial charge in [0, 0.05) is 29.6 Å². The molecule has 0 saturated heterocycles. The zero-order chi connectivity index (χ0) is 15.9. The molecule has 2 heterocycles. The van der Waals surface area contributed by atoms with Gasteiger partial charge in [-0.3, -0.25) is 10.0 Å². The average molecular weight is 309 g/mol. The number of carbonyl (C=O) groups excluding carboxylic acids is 1. The van der Waals surface area contributed by atoms with Crippen LogP contribution in [0.2, 0.25) is 0 Å². The van der Waals surface area contributed by atoms with Gasteiger partial charge in [0.2, 0.25) is 0 Å². The van der Waals surface area contributed by atoms with Crippen molar-refractivity contribution in [1.29, 1.82) is 0 Å².